The predicted octanol–water partition coefficient (Wildman–Crippen LogP) is 17.2. The van der Waals surface area contributed by atoms with Crippen LogP contribution in [0.15, 0.2) is 229 Å². The molecular weight excluding hydrogens is 763 g/mol. The van der Waals surface area contributed by atoms with Crippen LogP contribution in [0.5, 0.6) is 0 Å². The van der Waals surface area contributed by atoms with Crippen molar-refractivity contribution in [3.63, 3.8) is 0 Å². The van der Waals surface area contributed by atoms with Crippen LogP contribution in [0.4, 0.5) is 17.1 Å². The lowest BCUT2D eigenvalue weighted by molar-refractivity contribution is 0.660. The fraction of sp³-hybridized carbons (Fsp3) is 0.0492. The Morgan fingerprint density at radius 3 is 1.65 bits per heavy atom. The SMILES string of the molecule is CC1(C)c2ccccc2-c2c(-c3ccccc3N(c3ccc(-c4ccc(-c5ccccc5)cc4)cc3)c3ccc(-c4cccc5oc6c7ccccc7ccc6c45)cc3)cccc21. The van der Waals surface area contributed by atoms with Gasteiger partial charge < -0.3 is 9.32 Å². The molecule has 298 valence electrons. The van der Waals surface area contributed by atoms with Crippen LogP contribution in [0, 0.1) is 0 Å². The first kappa shape index (κ1) is 36.9. The number of rotatable bonds is 7. The minimum atomic E-state index is -0.0994. The maximum Gasteiger partial charge on any atom is 0.143 e. The van der Waals surface area contributed by atoms with Crippen molar-refractivity contribution in [2.24, 2.45) is 0 Å². The molecule has 12 rings (SSSR count). The average molecular weight is 806 g/mol. The normalized spacial score (nSPS) is 12.7. The predicted molar refractivity (Wildman–Crippen MR) is 265 cm³/mol. The van der Waals surface area contributed by atoms with Crippen LogP contribution in [0.2, 0.25) is 0 Å². The highest BCUT2D eigenvalue weighted by Gasteiger charge is 2.37. The van der Waals surface area contributed by atoms with Crippen LogP contribution in [0.25, 0.3) is 88.3 Å². The summed E-state index contributed by atoms with van der Waals surface area (Å²) in [5.74, 6) is 0. The van der Waals surface area contributed by atoms with Gasteiger partial charge in [0, 0.05) is 38.5 Å². The summed E-state index contributed by atoms with van der Waals surface area (Å²) in [6, 6.07) is 81.5. The minimum absolute atomic E-state index is 0.0994. The molecule has 0 bridgehead atoms. The Hall–Kier alpha value is -7.94. The monoisotopic (exact) mass is 805 g/mol. The Bertz CT molecular complexity index is 3500. The smallest absolute Gasteiger partial charge is 0.143 e. The molecule has 2 nitrogen and oxygen atoms in total. The van der Waals surface area contributed by atoms with Gasteiger partial charge in [-0.1, -0.05) is 196 Å². The van der Waals surface area contributed by atoms with Gasteiger partial charge in [-0.15, -0.1) is 0 Å². The summed E-state index contributed by atoms with van der Waals surface area (Å²) in [5, 5.41) is 4.58. The molecule has 63 heavy (non-hydrogen) atoms. The van der Waals surface area contributed by atoms with Crippen molar-refractivity contribution in [1.29, 1.82) is 0 Å². The highest BCUT2D eigenvalue weighted by atomic mass is 16.3. The van der Waals surface area contributed by atoms with E-state index in [1.165, 1.54) is 61.0 Å². The number of fused-ring (bicyclic) bond motifs is 8. The van der Waals surface area contributed by atoms with E-state index in [4.69, 9.17) is 4.42 Å². The van der Waals surface area contributed by atoms with Gasteiger partial charge in [0.15, 0.2) is 0 Å². The molecule has 0 unspecified atom stereocenters. The van der Waals surface area contributed by atoms with Crippen molar-refractivity contribution in [3.05, 3.63) is 236 Å². The number of hydrogen-bond acceptors (Lipinski definition) is 2. The van der Waals surface area contributed by atoms with Crippen LogP contribution in [0.1, 0.15) is 25.0 Å². The van der Waals surface area contributed by atoms with E-state index < -0.39 is 0 Å². The Labute approximate surface area is 368 Å². The first-order valence-electron chi connectivity index (χ1n) is 21.8. The number of nitrogens with zero attached hydrogens (tertiary/aromatic N) is 1. The zero-order valence-electron chi connectivity index (χ0n) is 35.2. The average Bonchev–Trinajstić information content (AvgIpc) is 3.85. The van der Waals surface area contributed by atoms with Crippen LogP contribution in [-0.4, -0.2) is 0 Å². The summed E-state index contributed by atoms with van der Waals surface area (Å²) < 4.78 is 6.59. The van der Waals surface area contributed by atoms with Gasteiger partial charge in [0.2, 0.25) is 0 Å². The van der Waals surface area contributed by atoms with Gasteiger partial charge in [0.05, 0.1) is 5.69 Å². The molecule has 0 radical (unpaired) electrons. The lowest BCUT2D eigenvalue weighted by Gasteiger charge is -2.29. The third kappa shape index (κ3) is 6.02. The molecular formula is C61H43NO. The van der Waals surface area contributed by atoms with E-state index in [0.29, 0.717) is 0 Å². The number of hydrogen-bond donors (Lipinski definition) is 0. The number of furan rings is 1. The third-order valence-corrected chi connectivity index (χ3v) is 13.3. The highest BCUT2D eigenvalue weighted by Crippen LogP contribution is 2.54. The topological polar surface area (TPSA) is 16.4 Å². The molecule has 0 aliphatic heterocycles. The number of anilines is 3. The van der Waals surface area contributed by atoms with Gasteiger partial charge in [-0.25, -0.2) is 0 Å². The first-order chi connectivity index (χ1) is 31.0. The lowest BCUT2D eigenvalue weighted by atomic mass is 9.82. The van der Waals surface area contributed by atoms with Crippen molar-refractivity contribution in [2.75, 3.05) is 4.90 Å². The van der Waals surface area contributed by atoms with Gasteiger partial charge in [-0.2, -0.15) is 0 Å². The molecule has 0 saturated heterocycles. The van der Waals surface area contributed by atoms with E-state index in [1.54, 1.807) is 0 Å². The maximum absolute atomic E-state index is 6.59. The molecule has 1 aliphatic rings. The molecule has 1 aromatic heterocycles. The molecule has 0 fully saturated rings. The van der Waals surface area contributed by atoms with Crippen LogP contribution < -0.4 is 4.90 Å². The zero-order chi connectivity index (χ0) is 42.1. The van der Waals surface area contributed by atoms with Crippen molar-refractivity contribution in [3.8, 4) is 55.6 Å². The summed E-state index contributed by atoms with van der Waals surface area (Å²) in [7, 11) is 0. The van der Waals surface area contributed by atoms with Crippen molar-refractivity contribution < 1.29 is 4.42 Å². The third-order valence-electron chi connectivity index (χ3n) is 13.3. The standard InChI is InChI=1S/C61H43NO/c1-61(2)54-22-10-8-19-52(54)58-51(21-12-23-55(58)61)50-18-9-11-24-56(50)62(46-35-30-43(31-36-46)42-28-26-41(27-29-42)40-14-4-3-5-15-40)47-37-32-45(33-38-47)48-20-13-25-57-59(48)53-39-34-44-16-6-7-17-49(44)60(53)63-57/h3-39H,1-2H3. The summed E-state index contributed by atoms with van der Waals surface area (Å²) in [6.45, 7) is 4.71. The lowest BCUT2D eigenvalue weighted by Crippen LogP contribution is -2.14. The minimum Gasteiger partial charge on any atom is -0.455 e. The number of benzene rings is 10. The second-order valence-corrected chi connectivity index (χ2v) is 17.2. The molecule has 11 aromatic rings. The molecule has 10 aromatic carbocycles. The molecule has 0 spiro atoms. The zero-order valence-corrected chi connectivity index (χ0v) is 35.2. The summed E-state index contributed by atoms with van der Waals surface area (Å²) in [4.78, 5) is 2.42. The summed E-state index contributed by atoms with van der Waals surface area (Å²) in [6.07, 6.45) is 0. The van der Waals surface area contributed by atoms with Crippen molar-refractivity contribution in [2.45, 2.75) is 19.3 Å². The fourth-order valence-corrected chi connectivity index (χ4v) is 10.2. The fourth-order valence-electron chi connectivity index (χ4n) is 10.2. The van der Waals surface area contributed by atoms with Gasteiger partial charge in [-0.3, -0.25) is 0 Å². The van der Waals surface area contributed by atoms with Gasteiger partial charge >= 0.3 is 0 Å². The van der Waals surface area contributed by atoms with Crippen LogP contribution in [-0.2, 0) is 5.41 Å². The van der Waals surface area contributed by atoms with E-state index in [1.807, 2.05) is 0 Å². The van der Waals surface area contributed by atoms with Crippen LogP contribution in [0.3, 0.4) is 0 Å². The molecule has 2 heteroatoms. The van der Waals surface area contributed by atoms with Gasteiger partial charge in [0.1, 0.15) is 11.2 Å². The van der Waals surface area contributed by atoms with Gasteiger partial charge in [0.25, 0.3) is 0 Å². The molecule has 0 amide bonds. The summed E-state index contributed by atoms with van der Waals surface area (Å²) in [5.41, 5.74) is 19.9. The number of para-hydroxylation sites is 1. The Balaban J connectivity index is 0.993. The van der Waals surface area contributed by atoms with Crippen LogP contribution >= 0.6 is 0 Å². The molecule has 0 atom stereocenters. The molecule has 0 saturated carbocycles. The van der Waals surface area contributed by atoms with Gasteiger partial charge in [-0.05, 0) is 109 Å². The Kier molecular flexibility index (Phi) is 8.55. The first-order valence-corrected chi connectivity index (χ1v) is 21.8. The van der Waals surface area contributed by atoms with E-state index in [-0.39, 0.29) is 5.41 Å². The van der Waals surface area contributed by atoms with Crippen molar-refractivity contribution >= 4 is 49.8 Å². The Morgan fingerprint density at radius 2 is 0.905 bits per heavy atom. The van der Waals surface area contributed by atoms with Crippen molar-refractivity contribution in [1.82, 2.24) is 0 Å². The van der Waals surface area contributed by atoms with E-state index in [2.05, 4.69) is 243 Å². The summed E-state index contributed by atoms with van der Waals surface area (Å²) >= 11 is 0. The van der Waals surface area contributed by atoms with E-state index in [9.17, 15) is 0 Å². The maximum atomic E-state index is 6.59. The van der Waals surface area contributed by atoms with E-state index >= 15 is 0 Å². The van der Waals surface area contributed by atoms with E-state index in [0.717, 1.165) is 55.5 Å². The quantitative estimate of drug-likeness (QED) is 0.160. The highest BCUT2D eigenvalue weighted by molar-refractivity contribution is 6.19. The Morgan fingerprint density at radius 1 is 0.365 bits per heavy atom. The molecule has 0 N–H and O–H groups in total. The molecule has 1 heterocycles. The second-order valence-electron chi connectivity index (χ2n) is 17.2. The second kappa shape index (κ2) is 14.6. The molecule has 1 aliphatic carbocycles. The largest absolute Gasteiger partial charge is 0.455 e.